The van der Waals surface area contributed by atoms with E-state index in [1.165, 1.54) is 33.5 Å². The summed E-state index contributed by atoms with van der Waals surface area (Å²) in [6.45, 7) is 0. The lowest BCUT2D eigenvalue weighted by Crippen LogP contribution is -2.00. The van der Waals surface area contributed by atoms with Crippen LogP contribution in [0.15, 0.2) is 42.6 Å². The Balaban J connectivity index is 2.00. The summed E-state index contributed by atoms with van der Waals surface area (Å²) in [7, 11) is 6.17. The number of aromatic nitrogens is 1. The van der Waals surface area contributed by atoms with Gasteiger partial charge in [-0.1, -0.05) is 12.1 Å². The highest BCUT2D eigenvalue weighted by molar-refractivity contribution is 6.08. The SMILES string of the molecule is COc1cc(C(=O)C=Cc2cn(C)c3c([N+](=O)[O-])cccc23)cc(OC)c1OC. The van der Waals surface area contributed by atoms with Gasteiger partial charge >= 0.3 is 0 Å². The Kier molecular flexibility index (Phi) is 5.54. The van der Waals surface area contributed by atoms with Crippen molar-refractivity contribution < 1.29 is 23.9 Å². The van der Waals surface area contributed by atoms with E-state index in [9.17, 15) is 14.9 Å². The first kappa shape index (κ1) is 19.9. The summed E-state index contributed by atoms with van der Waals surface area (Å²) in [5, 5.41) is 12.0. The molecule has 0 bridgehead atoms. The van der Waals surface area contributed by atoms with Crippen LogP contribution < -0.4 is 14.2 Å². The Labute approximate surface area is 167 Å². The Morgan fingerprint density at radius 1 is 1.10 bits per heavy atom. The lowest BCUT2D eigenvalue weighted by atomic mass is 10.1. The van der Waals surface area contributed by atoms with Gasteiger partial charge < -0.3 is 18.8 Å². The number of hydrogen-bond donors (Lipinski definition) is 0. The molecule has 0 atom stereocenters. The monoisotopic (exact) mass is 396 g/mol. The number of rotatable bonds is 7. The highest BCUT2D eigenvalue weighted by Crippen LogP contribution is 2.38. The summed E-state index contributed by atoms with van der Waals surface area (Å²) in [6.07, 6.45) is 4.79. The predicted octanol–water partition coefficient (Wildman–Crippen LogP) is 4.01. The Morgan fingerprint density at radius 2 is 1.76 bits per heavy atom. The fourth-order valence-corrected chi connectivity index (χ4v) is 3.24. The molecule has 8 heteroatoms. The van der Waals surface area contributed by atoms with Gasteiger partial charge in [-0.25, -0.2) is 0 Å². The van der Waals surface area contributed by atoms with E-state index < -0.39 is 4.92 Å². The zero-order valence-corrected chi connectivity index (χ0v) is 16.5. The maximum absolute atomic E-state index is 12.7. The van der Waals surface area contributed by atoms with Crippen LogP contribution in [0.25, 0.3) is 17.0 Å². The molecular weight excluding hydrogens is 376 g/mol. The van der Waals surface area contributed by atoms with Crippen molar-refractivity contribution in [1.82, 2.24) is 4.57 Å². The Hall–Kier alpha value is -3.81. The Bertz CT molecular complexity index is 1100. The molecule has 150 valence electrons. The van der Waals surface area contributed by atoms with Gasteiger partial charge in [0, 0.05) is 35.8 Å². The molecule has 0 saturated carbocycles. The average Bonchev–Trinajstić information content (AvgIpc) is 3.06. The quantitative estimate of drug-likeness (QED) is 0.259. The maximum Gasteiger partial charge on any atom is 0.293 e. The van der Waals surface area contributed by atoms with Gasteiger partial charge in [0.1, 0.15) is 5.52 Å². The summed E-state index contributed by atoms with van der Waals surface area (Å²) in [4.78, 5) is 23.6. The molecule has 29 heavy (non-hydrogen) atoms. The fourth-order valence-electron chi connectivity index (χ4n) is 3.24. The van der Waals surface area contributed by atoms with Crippen molar-refractivity contribution in [1.29, 1.82) is 0 Å². The van der Waals surface area contributed by atoms with Crippen molar-refractivity contribution in [2.75, 3.05) is 21.3 Å². The lowest BCUT2D eigenvalue weighted by molar-refractivity contribution is -0.383. The largest absolute Gasteiger partial charge is 0.493 e. The highest BCUT2D eigenvalue weighted by Gasteiger charge is 2.18. The van der Waals surface area contributed by atoms with Crippen molar-refractivity contribution in [2.45, 2.75) is 0 Å². The molecule has 0 saturated heterocycles. The number of benzene rings is 2. The van der Waals surface area contributed by atoms with E-state index in [0.717, 1.165) is 0 Å². The van der Waals surface area contributed by atoms with Crippen LogP contribution >= 0.6 is 0 Å². The molecule has 3 aromatic rings. The lowest BCUT2D eigenvalue weighted by Gasteiger charge is -2.13. The van der Waals surface area contributed by atoms with E-state index in [4.69, 9.17) is 14.2 Å². The van der Waals surface area contributed by atoms with Crippen LogP contribution in [0, 0.1) is 10.1 Å². The molecule has 0 amide bonds. The molecule has 0 unspecified atom stereocenters. The van der Waals surface area contributed by atoms with Crippen molar-refractivity contribution in [2.24, 2.45) is 7.05 Å². The van der Waals surface area contributed by atoms with E-state index in [2.05, 4.69) is 0 Å². The van der Waals surface area contributed by atoms with Crippen LogP contribution in [0.1, 0.15) is 15.9 Å². The molecule has 3 rings (SSSR count). The van der Waals surface area contributed by atoms with Gasteiger partial charge in [0.25, 0.3) is 5.69 Å². The number of carbonyl (C=O) groups excluding carboxylic acids is 1. The summed E-state index contributed by atoms with van der Waals surface area (Å²) >= 11 is 0. The van der Waals surface area contributed by atoms with Gasteiger partial charge in [-0.15, -0.1) is 0 Å². The molecule has 0 aliphatic heterocycles. The number of fused-ring (bicyclic) bond motifs is 1. The summed E-state index contributed by atoms with van der Waals surface area (Å²) in [6, 6.07) is 8.01. The number of nitro benzene ring substituents is 1. The van der Waals surface area contributed by atoms with Crippen LogP contribution in [0.5, 0.6) is 17.2 Å². The summed E-state index contributed by atoms with van der Waals surface area (Å²) in [5.41, 5.74) is 1.58. The van der Waals surface area contributed by atoms with Gasteiger partial charge in [-0.3, -0.25) is 14.9 Å². The molecule has 1 aromatic heterocycles. The van der Waals surface area contributed by atoms with E-state index >= 15 is 0 Å². The van der Waals surface area contributed by atoms with Crippen molar-refractivity contribution >= 4 is 28.4 Å². The van der Waals surface area contributed by atoms with Gasteiger partial charge in [0.05, 0.1) is 26.3 Å². The normalized spacial score (nSPS) is 11.0. The van der Waals surface area contributed by atoms with Gasteiger partial charge in [-0.2, -0.15) is 0 Å². The third-order valence-electron chi connectivity index (χ3n) is 4.57. The van der Waals surface area contributed by atoms with E-state index in [-0.39, 0.29) is 11.5 Å². The number of carbonyl (C=O) groups is 1. The molecule has 8 nitrogen and oxygen atoms in total. The number of hydrogen-bond acceptors (Lipinski definition) is 6. The molecule has 0 aliphatic carbocycles. The third-order valence-corrected chi connectivity index (χ3v) is 4.57. The number of para-hydroxylation sites is 1. The molecule has 0 spiro atoms. The van der Waals surface area contributed by atoms with Gasteiger partial charge in [0.15, 0.2) is 17.3 Å². The molecule has 0 aliphatic rings. The minimum Gasteiger partial charge on any atom is -0.493 e. The van der Waals surface area contributed by atoms with Crippen LogP contribution in [0.3, 0.4) is 0 Å². The minimum atomic E-state index is -0.420. The van der Waals surface area contributed by atoms with Crippen molar-refractivity contribution in [3.63, 3.8) is 0 Å². The van der Waals surface area contributed by atoms with E-state index in [1.54, 1.807) is 48.2 Å². The first-order chi connectivity index (χ1) is 13.9. The number of ether oxygens (including phenoxy) is 3. The number of methoxy groups -OCH3 is 3. The van der Waals surface area contributed by atoms with Crippen LogP contribution in [0.2, 0.25) is 0 Å². The standard InChI is InChI=1S/C21H20N2O6/c1-22-12-13(15-6-5-7-16(20(15)22)23(25)26)8-9-17(24)14-10-18(27-2)21(29-4)19(11-14)28-3/h5-12H,1-4H3. The fraction of sp³-hybridized carbons (Fsp3) is 0.190. The number of ketones is 1. The van der Waals surface area contributed by atoms with Crippen LogP contribution in [0.4, 0.5) is 5.69 Å². The van der Waals surface area contributed by atoms with Crippen LogP contribution in [-0.2, 0) is 7.05 Å². The van der Waals surface area contributed by atoms with Crippen molar-refractivity contribution in [3.05, 3.63) is 63.8 Å². The average molecular weight is 396 g/mol. The minimum absolute atomic E-state index is 0.0144. The van der Waals surface area contributed by atoms with E-state index in [0.29, 0.717) is 39.3 Å². The van der Waals surface area contributed by atoms with E-state index in [1.807, 2.05) is 0 Å². The number of nitro groups is 1. The second-order valence-electron chi connectivity index (χ2n) is 6.24. The number of aryl methyl sites for hydroxylation is 1. The molecular formula is C21H20N2O6. The molecule has 0 radical (unpaired) electrons. The third kappa shape index (κ3) is 3.64. The van der Waals surface area contributed by atoms with Gasteiger partial charge in [0.2, 0.25) is 5.75 Å². The predicted molar refractivity (Wildman–Crippen MR) is 109 cm³/mol. The summed E-state index contributed by atoms with van der Waals surface area (Å²) in [5.74, 6) is 0.886. The smallest absolute Gasteiger partial charge is 0.293 e. The first-order valence-electron chi connectivity index (χ1n) is 8.66. The van der Waals surface area contributed by atoms with Crippen molar-refractivity contribution in [3.8, 4) is 17.2 Å². The maximum atomic E-state index is 12.7. The topological polar surface area (TPSA) is 92.8 Å². The zero-order valence-electron chi connectivity index (χ0n) is 16.5. The number of non-ortho nitro benzene ring substituents is 1. The number of nitrogens with zero attached hydrogens (tertiary/aromatic N) is 2. The van der Waals surface area contributed by atoms with Crippen LogP contribution in [-0.4, -0.2) is 36.6 Å². The number of allylic oxidation sites excluding steroid dienone is 1. The van der Waals surface area contributed by atoms with Gasteiger partial charge in [-0.05, 0) is 24.3 Å². The Morgan fingerprint density at radius 3 is 2.31 bits per heavy atom. The molecule has 0 fully saturated rings. The zero-order chi connectivity index (χ0) is 21.1. The molecule has 1 heterocycles. The molecule has 0 N–H and O–H groups in total. The first-order valence-corrected chi connectivity index (χ1v) is 8.66. The second kappa shape index (κ2) is 8.05. The molecule has 2 aromatic carbocycles. The highest BCUT2D eigenvalue weighted by atomic mass is 16.6. The summed E-state index contributed by atoms with van der Waals surface area (Å²) < 4.78 is 17.5. The second-order valence-corrected chi connectivity index (χ2v) is 6.24.